The van der Waals surface area contributed by atoms with Crippen molar-refractivity contribution in [1.29, 1.82) is 0 Å². The quantitative estimate of drug-likeness (QED) is 0.722. The fraction of sp³-hybridized carbons (Fsp3) is 0.917. The molecule has 0 aromatic rings. The van der Waals surface area contributed by atoms with Gasteiger partial charge in [-0.1, -0.05) is 0 Å². The van der Waals surface area contributed by atoms with Crippen molar-refractivity contribution in [2.75, 3.05) is 13.2 Å². The molecule has 22 heavy (non-hydrogen) atoms. The van der Waals surface area contributed by atoms with Crippen LogP contribution in [0, 0.1) is 0 Å². The Balaban J connectivity index is 1.87. The smallest absolute Gasteiger partial charge is 0.393 e. The van der Waals surface area contributed by atoms with Crippen LogP contribution < -0.4 is 5.32 Å². The van der Waals surface area contributed by atoms with Gasteiger partial charge in [-0.2, -0.15) is 13.2 Å². The highest BCUT2D eigenvalue weighted by Crippen LogP contribution is 2.46. The fourth-order valence-corrected chi connectivity index (χ4v) is 3.02. The number of carbonyl (C=O) groups excluding carboxylic acids is 1. The van der Waals surface area contributed by atoms with Crippen molar-refractivity contribution in [2.45, 2.75) is 56.0 Å². The summed E-state index contributed by atoms with van der Waals surface area (Å²) in [5.41, 5.74) is -1.21. The molecule has 3 fully saturated rings. The summed E-state index contributed by atoms with van der Waals surface area (Å²) in [4.78, 5) is 11.2. The van der Waals surface area contributed by atoms with Crippen LogP contribution in [-0.4, -0.2) is 66.3 Å². The molecular weight excluding hydrogens is 311 g/mol. The van der Waals surface area contributed by atoms with Gasteiger partial charge in [0.15, 0.2) is 12.1 Å². The van der Waals surface area contributed by atoms with E-state index in [2.05, 4.69) is 0 Å². The minimum atomic E-state index is -5.03. The number of fused-ring (bicyclic) bond motifs is 4. The number of alkyl halides is 3. The second kappa shape index (κ2) is 4.78. The maximum Gasteiger partial charge on any atom is 0.471 e. The first-order valence-electron chi connectivity index (χ1n) is 6.72. The maximum absolute atomic E-state index is 12.5. The molecule has 1 amide bonds. The average Bonchev–Trinajstić information content (AvgIpc) is 2.94. The molecule has 0 aliphatic carbocycles. The zero-order valence-corrected chi connectivity index (χ0v) is 11.8. The van der Waals surface area contributed by atoms with E-state index in [1.165, 1.54) is 0 Å². The largest absolute Gasteiger partial charge is 0.471 e. The van der Waals surface area contributed by atoms with E-state index in [1.807, 2.05) is 5.32 Å². The number of nitrogens with one attached hydrogen (secondary N) is 1. The van der Waals surface area contributed by atoms with Gasteiger partial charge in [0.1, 0.15) is 23.9 Å². The Morgan fingerprint density at radius 2 is 2.00 bits per heavy atom. The van der Waals surface area contributed by atoms with Crippen LogP contribution in [0.5, 0.6) is 0 Å². The first-order valence-corrected chi connectivity index (χ1v) is 6.72. The third kappa shape index (κ3) is 2.38. The number of amides is 1. The molecule has 5 atom stereocenters. The zero-order valence-electron chi connectivity index (χ0n) is 11.8. The van der Waals surface area contributed by atoms with Crippen molar-refractivity contribution in [1.82, 2.24) is 5.32 Å². The summed E-state index contributed by atoms with van der Waals surface area (Å²) in [5.74, 6) is -3.19. The molecule has 7 nitrogen and oxygen atoms in total. The molecule has 0 radical (unpaired) electrons. The number of aliphatic hydroxyl groups excluding tert-OH is 1. The molecule has 3 aliphatic rings. The highest BCUT2D eigenvalue weighted by molar-refractivity contribution is 5.82. The van der Waals surface area contributed by atoms with Gasteiger partial charge in [-0.3, -0.25) is 4.79 Å². The Labute approximate surface area is 123 Å². The lowest BCUT2D eigenvalue weighted by atomic mass is 9.88. The van der Waals surface area contributed by atoms with Gasteiger partial charge in [0.2, 0.25) is 0 Å². The van der Waals surface area contributed by atoms with Gasteiger partial charge >= 0.3 is 12.1 Å². The average molecular weight is 327 g/mol. The lowest BCUT2D eigenvalue weighted by Crippen LogP contribution is -2.66. The van der Waals surface area contributed by atoms with Crippen LogP contribution in [0.3, 0.4) is 0 Å². The Hall–Kier alpha value is -0.940. The normalized spacial score (nSPS) is 43.0. The van der Waals surface area contributed by atoms with Gasteiger partial charge < -0.3 is 29.4 Å². The van der Waals surface area contributed by atoms with Gasteiger partial charge in [0.05, 0.1) is 13.2 Å². The van der Waals surface area contributed by atoms with Crippen molar-refractivity contribution in [2.24, 2.45) is 0 Å². The Bertz CT molecular complexity index is 484. The second-order valence-corrected chi connectivity index (χ2v) is 6.04. The fourth-order valence-electron chi connectivity index (χ4n) is 3.02. The highest BCUT2D eigenvalue weighted by atomic mass is 19.4. The second-order valence-electron chi connectivity index (χ2n) is 6.04. The van der Waals surface area contributed by atoms with Gasteiger partial charge in [-0.05, 0) is 13.8 Å². The number of carbonyl (C=O) groups is 1. The molecule has 3 aliphatic heterocycles. The van der Waals surface area contributed by atoms with E-state index in [9.17, 15) is 23.1 Å². The number of rotatable bonds is 2. The van der Waals surface area contributed by atoms with Gasteiger partial charge in [0.25, 0.3) is 0 Å². The van der Waals surface area contributed by atoms with E-state index in [-0.39, 0.29) is 6.61 Å². The lowest BCUT2D eigenvalue weighted by molar-refractivity contribution is -0.213. The molecule has 0 spiro atoms. The van der Waals surface area contributed by atoms with E-state index >= 15 is 0 Å². The van der Waals surface area contributed by atoms with Crippen molar-refractivity contribution in [3.05, 3.63) is 0 Å². The summed E-state index contributed by atoms with van der Waals surface area (Å²) in [6.07, 6.45) is -7.95. The molecule has 3 heterocycles. The first kappa shape index (κ1) is 15.9. The first-order chi connectivity index (χ1) is 10.1. The predicted octanol–water partition coefficient (Wildman–Crippen LogP) is -0.329. The van der Waals surface area contributed by atoms with E-state index in [0.29, 0.717) is 0 Å². The topological polar surface area (TPSA) is 86.3 Å². The summed E-state index contributed by atoms with van der Waals surface area (Å²) in [6, 6.07) is -1.19. The molecule has 2 N–H and O–H groups in total. The van der Waals surface area contributed by atoms with Crippen LogP contribution in [0.25, 0.3) is 0 Å². The van der Waals surface area contributed by atoms with Crippen LogP contribution >= 0.6 is 0 Å². The predicted molar refractivity (Wildman–Crippen MR) is 62.5 cm³/mol. The van der Waals surface area contributed by atoms with Crippen LogP contribution in [0.1, 0.15) is 13.8 Å². The lowest BCUT2D eigenvalue weighted by Gasteiger charge is -2.41. The molecule has 2 bridgehead atoms. The molecule has 0 aromatic carbocycles. The Morgan fingerprint density at radius 3 is 2.59 bits per heavy atom. The van der Waals surface area contributed by atoms with Gasteiger partial charge in [-0.15, -0.1) is 0 Å². The summed E-state index contributed by atoms with van der Waals surface area (Å²) in [7, 11) is 0. The molecule has 1 unspecified atom stereocenters. The summed E-state index contributed by atoms with van der Waals surface area (Å²) in [6.45, 7) is 2.68. The molecule has 3 saturated heterocycles. The molecule has 126 valence electrons. The van der Waals surface area contributed by atoms with Crippen LogP contribution in [-0.2, 0) is 23.7 Å². The van der Waals surface area contributed by atoms with E-state index < -0.39 is 54.6 Å². The monoisotopic (exact) mass is 327 g/mol. The van der Waals surface area contributed by atoms with Crippen LogP contribution in [0.2, 0.25) is 0 Å². The molecule has 10 heteroatoms. The minimum Gasteiger partial charge on any atom is -0.393 e. The summed E-state index contributed by atoms with van der Waals surface area (Å²) >= 11 is 0. The van der Waals surface area contributed by atoms with E-state index in [1.54, 1.807) is 13.8 Å². The number of hydrogen-bond donors (Lipinski definition) is 2. The van der Waals surface area contributed by atoms with Crippen molar-refractivity contribution in [3.63, 3.8) is 0 Å². The third-order valence-electron chi connectivity index (χ3n) is 3.96. The molecule has 3 rings (SSSR count). The number of hydrogen-bond acceptors (Lipinski definition) is 6. The third-order valence-corrected chi connectivity index (χ3v) is 3.96. The zero-order chi connectivity index (χ0) is 16.3. The van der Waals surface area contributed by atoms with E-state index in [4.69, 9.17) is 18.9 Å². The Kier molecular flexibility index (Phi) is 3.46. The van der Waals surface area contributed by atoms with E-state index in [0.717, 1.165) is 0 Å². The maximum atomic E-state index is 12.5. The summed E-state index contributed by atoms with van der Waals surface area (Å²) < 4.78 is 59.5. The molecule has 0 aromatic heterocycles. The molecule has 0 saturated carbocycles. The standard InChI is InChI=1S/C12H16F3NO6/c1-10(2)20-6-5(16-9(18)12(13,14)15)8-19-4-11(3-17,22-8)7(6)21-10/h5-8,17H,3-4H2,1-2H3,(H,16,18)/t5-,6-,7-,8+,11?/m1/s1. The molecular formula is C12H16F3NO6. The van der Waals surface area contributed by atoms with Crippen molar-refractivity contribution >= 4 is 5.91 Å². The highest BCUT2D eigenvalue weighted by Gasteiger charge is 2.66. The van der Waals surface area contributed by atoms with Crippen LogP contribution in [0.4, 0.5) is 13.2 Å². The SMILES string of the molecule is CC1(C)O[C@@H]2[C@@H](NC(=O)C(F)(F)F)[C@H]3OCC(CO)(O3)[C@@H]2O1. The number of ether oxygens (including phenoxy) is 4. The van der Waals surface area contributed by atoms with Crippen molar-refractivity contribution in [3.8, 4) is 0 Å². The van der Waals surface area contributed by atoms with Gasteiger partial charge in [0, 0.05) is 0 Å². The number of aliphatic hydroxyl groups is 1. The Morgan fingerprint density at radius 1 is 1.32 bits per heavy atom. The van der Waals surface area contributed by atoms with Gasteiger partial charge in [-0.25, -0.2) is 0 Å². The summed E-state index contributed by atoms with van der Waals surface area (Å²) in [5, 5.41) is 11.4. The van der Waals surface area contributed by atoms with Crippen molar-refractivity contribution < 1.29 is 42.0 Å². The minimum absolute atomic E-state index is 0.0623. The number of halogens is 3. The van der Waals surface area contributed by atoms with Crippen LogP contribution in [0.15, 0.2) is 0 Å².